The van der Waals surface area contributed by atoms with Crippen LogP contribution in [-0.4, -0.2) is 46.4 Å². The number of hydrogen-bond acceptors (Lipinski definition) is 5. The number of nitrogens with zero attached hydrogens (tertiary/aromatic N) is 1. The van der Waals surface area contributed by atoms with Crippen molar-refractivity contribution < 1.29 is 29.3 Å². The van der Waals surface area contributed by atoms with E-state index in [2.05, 4.69) is 0 Å². The molecule has 0 spiro atoms. The van der Waals surface area contributed by atoms with Crippen molar-refractivity contribution in [2.45, 2.75) is 31.7 Å². The van der Waals surface area contributed by atoms with Crippen LogP contribution in [0, 0.1) is 0 Å². The number of likely N-dealkylation sites (tertiary alicyclic amines) is 1. The lowest BCUT2D eigenvalue weighted by Crippen LogP contribution is -2.30. The molecule has 0 aromatic heterocycles. The second-order valence-corrected chi connectivity index (χ2v) is 7.92. The number of ether oxygens (including phenoxy) is 1. The summed E-state index contributed by atoms with van der Waals surface area (Å²) in [6.07, 6.45) is 1.65. The largest absolute Gasteiger partial charge is 0.507 e. The van der Waals surface area contributed by atoms with Crippen molar-refractivity contribution in [2.75, 3.05) is 13.7 Å². The Morgan fingerprint density at radius 1 is 1.06 bits per heavy atom. The normalized spacial score (nSPS) is 17.6. The third-order valence-corrected chi connectivity index (χ3v) is 5.61. The molecule has 2 N–H and O–H groups in total. The van der Waals surface area contributed by atoms with E-state index >= 15 is 0 Å². The van der Waals surface area contributed by atoms with Crippen LogP contribution in [0.2, 0.25) is 5.02 Å². The highest BCUT2D eigenvalue weighted by Crippen LogP contribution is 2.40. The lowest BCUT2D eigenvalue weighted by atomic mass is 9.95. The van der Waals surface area contributed by atoms with Crippen molar-refractivity contribution in [2.24, 2.45) is 0 Å². The molecule has 2 aromatic carbocycles. The van der Waals surface area contributed by atoms with E-state index in [1.807, 2.05) is 0 Å². The number of benzene rings is 2. The molecular weight excluding hydrogens is 434 g/mol. The van der Waals surface area contributed by atoms with Gasteiger partial charge in [0.25, 0.3) is 11.7 Å². The van der Waals surface area contributed by atoms with Crippen molar-refractivity contribution >= 4 is 35.0 Å². The zero-order valence-electron chi connectivity index (χ0n) is 17.6. The van der Waals surface area contributed by atoms with Crippen molar-refractivity contribution in [1.29, 1.82) is 0 Å². The second kappa shape index (κ2) is 10.3. The molecule has 7 nitrogen and oxygen atoms in total. The molecule has 168 valence electrons. The van der Waals surface area contributed by atoms with Gasteiger partial charge >= 0.3 is 5.97 Å². The van der Waals surface area contributed by atoms with Crippen LogP contribution < -0.4 is 4.74 Å². The quantitative estimate of drug-likeness (QED) is 0.250. The number of aliphatic carboxylic acids is 1. The predicted octanol–water partition coefficient (Wildman–Crippen LogP) is 4.42. The Morgan fingerprint density at radius 2 is 1.78 bits per heavy atom. The fourth-order valence-electron chi connectivity index (χ4n) is 3.77. The number of aliphatic hydroxyl groups excluding tert-OH is 1. The molecule has 1 unspecified atom stereocenters. The van der Waals surface area contributed by atoms with Gasteiger partial charge < -0.3 is 19.8 Å². The Balaban J connectivity index is 1.99. The van der Waals surface area contributed by atoms with Gasteiger partial charge in [-0.2, -0.15) is 0 Å². The number of hydrogen-bond donors (Lipinski definition) is 2. The first-order valence-corrected chi connectivity index (χ1v) is 10.6. The molecule has 2 aromatic rings. The fraction of sp³-hybridized carbons (Fsp3) is 0.292. The molecule has 1 amide bonds. The van der Waals surface area contributed by atoms with Crippen molar-refractivity contribution in [3.8, 4) is 5.75 Å². The minimum Gasteiger partial charge on any atom is -0.507 e. The molecule has 1 aliphatic rings. The smallest absolute Gasteiger partial charge is 0.303 e. The maximum atomic E-state index is 13.0. The minimum absolute atomic E-state index is 0.00360. The number of halogens is 1. The van der Waals surface area contributed by atoms with Crippen molar-refractivity contribution in [3.05, 3.63) is 70.3 Å². The van der Waals surface area contributed by atoms with Gasteiger partial charge in [0, 0.05) is 23.6 Å². The van der Waals surface area contributed by atoms with E-state index in [1.54, 1.807) is 48.5 Å². The number of Topliss-reactive ketones (excluding diaryl/α,β-unsaturated/α-hetero) is 1. The molecule has 0 aliphatic carbocycles. The van der Waals surface area contributed by atoms with Crippen LogP contribution in [0.25, 0.3) is 5.76 Å². The molecule has 8 heteroatoms. The molecule has 1 heterocycles. The number of amides is 1. The number of aliphatic hydroxyl groups is 1. The molecule has 1 atom stereocenters. The number of unbranched alkanes of at least 4 members (excludes halogenated alkanes) is 2. The van der Waals surface area contributed by atoms with E-state index < -0.39 is 23.7 Å². The molecule has 0 bridgehead atoms. The van der Waals surface area contributed by atoms with E-state index in [0.29, 0.717) is 41.2 Å². The number of carbonyl (C=O) groups is 3. The van der Waals surface area contributed by atoms with Crippen LogP contribution in [0.4, 0.5) is 0 Å². The average Bonchev–Trinajstić information content (AvgIpc) is 3.03. The SMILES string of the molecule is COc1cccc(C2/C(=C(/O)c3ccc(Cl)cc3)C(=O)C(=O)N2CCCCCC(=O)O)c1. The van der Waals surface area contributed by atoms with E-state index in [4.69, 9.17) is 21.4 Å². The fourth-order valence-corrected chi connectivity index (χ4v) is 3.89. The third kappa shape index (κ3) is 5.11. The Labute approximate surface area is 190 Å². The summed E-state index contributed by atoms with van der Waals surface area (Å²) in [7, 11) is 1.52. The van der Waals surface area contributed by atoms with Crippen LogP contribution in [0.3, 0.4) is 0 Å². The summed E-state index contributed by atoms with van der Waals surface area (Å²) in [6, 6.07) is 12.6. The summed E-state index contributed by atoms with van der Waals surface area (Å²) in [5.41, 5.74) is 1.00. The van der Waals surface area contributed by atoms with E-state index in [-0.39, 0.29) is 24.3 Å². The summed E-state index contributed by atoms with van der Waals surface area (Å²) >= 11 is 5.93. The molecule has 1 saturated heterocycles. The summed E-state index contributed by atoms with van der Waals surface area (Å²) in [5.74, 6) is -2.06. The first kappa shape index (κ1) is 23.3. The number of ketones is 1. The first-order chi connectivity index (χ1) is 15.3. The van der Waals surface area contributed by atoms with Gasteiger partial charge in [0.1, 0.15) is 11.5 Å². The summed E-state index contributed by atoms with van der Waals surface area (Å²) in [6.45, 7) is 0.253. The zero-order valence-corrected chi connectivity index (χ0v) is 18.3. The van der Waals surface area contributed by atoms with E-state index in [1.165, 1.54) is 12.0 Å². The standard InChI is InChI=1S/C24H24ClNO6/c1-32-18-7-5-6-16(14-18)21-20(22(29)15-9-11-17(25)12-10-15)23(30)24(31)26(21)13-4-2-3-8-19(27)28/h5-7,9-12,14,21,29H,2-4,8,13H2,1H3,(H,27,28)/b22-20-. The van der Waals surface area contributed by atoms with Gasteiger partial charge in [-0.05, 0) is 54.8 Å². The molecule has 1 fully saturated rings. The third-order valence-electron chi connectivity index (χ3n) is 5.36. The highest BCUT2D eigenvalue weighted by Gasteiger charge is 2.45. The van der Waals surface area contributed by atoms with Crippen LogP contribution >= 0.6 is 11.6 Å². The van der Waals surface area contributed by atoms with Gasteiger partial charge in [0.15, 0.2) is 0 Å². The van der Waals surface area contributed by atoms with Gasteiger partial charge in [-0.15, -0.1) is 0 Å². The molecule has 3 rings (SSSR count). The number of rotatable bonds is 9. The Morgan fingerprint density at radius 3 is 2.44 bits per heavy atom. The van der Waals surface area contributed by atoms with Crippen LogP contribution in [-0.2, 0) is 14.4 Å². The molecular formula is C24H24ClNO6. The predicted molar refractivity (Wildman–Crippen MR) is 120 cm³/mol. The molecule has 32 heavy (non-hydrogen) atoms. The number of carbonyl (C=O) groups excluding carboxylic acids is 2. The lowest BCUT2D eigenvalue weighted by Gasteiger charge is -2.25. The van der Waals surface area contributed by atoms with Crippen LogP contribution in [0.15, 0.2) is 54.1 Å². The number of methoxy groups -OCH3 is 1. The van der Waals surface area contributed by atoms with Crippen LogP contribution in [0.1, 0.15) is 42.9 Å². The molecule has 1 aliphatic heterocycles. The van der Waals surface area contributed by atoms with Gasteiger partial charge in [-0.1, -0.05) is 30.2 Å². The van der Waals surface area contributed by atoms with Gasteiger partial charge in [0.05, 0.1) is 18.7 Å². The molecule has 0 radical (unpaired) electrons. The summed E-state index contributed by atoms with van der Waals surface area (Å²) in [5, 5.41) is 20.3. The van der Waals surface area contributed by atoms with Crippen LogP contribution in [0.5, 0.6) is 5.75 Å². The maximum absolute atomic E-state index is 13.0. The van der Waals surface area contributed by atoms with Crippen molar-refractivity contribution in [1.82, 2.24) is 4.90 Å². The lowest BCUT2D eigenvalue weighted by molar-refractivity contribution is -0.140. The Bertz CT molecular complexity index is 1050. The summed E-state index contributed by atoms with van der Waals surface area (Å²) < 4.78 is 5.30. The topological polar surface area (TPSA) is 104 Å². The van der Waals surface area contributed by atoms with Gasteiger partial charge in [-0.25, -0.2) is 0 Å². The average molecular weight is 458 g/mol. The zero-order chi connectivity index (χ0) is 23.3. The van der Waals surface area contributed by atoms with Crippen molar-refractivity contribution in [3.63, 3.8) is 0 Å². The minimum atomic E-state index is -0.871. The maximum Gasteiger partial charge on any atom is 0.303 e. The van der Waals surface area contributed by atoms with E-state index in [9.17, 15) is 19.5 Å². The van der Waals surface area contributed by atoms with Gasteiger partial charge in [0.2, 0.25) is 0 Å². The Hall–Kier alpha value is -3.32. The first-order valence-electron chi connectivity index (χ1n) is 10.2. The second-order valence-electron chi connectivity index (χ2n) is 7.48. The summed E-state index contributed by atoms with van der Waals surface area (Å²) in [4.78, 5) is 38.0. The molecule has 0 saturated carbocycles. The Kier molecular flexibility index (Phi) is 7.53. The van der Waals surface area contributed by atoms with Gasteiger partial charge in [-0.3, -0.25) is 14.4 Å². The number of carboxylic acid groups (broad SMARTS) is 1. The monoisotopic (exact) mass is 457 g/mol. The highest BCUT2D eigenvalue weighted by atomic mass is 35.5. The number of carboxylic acids is 1. The van der Waals surface area contributed by atoms with E-state index in [0.717, 1.165) is 0 Å². The highest BCUT2D eigenvalue weighted by molar-refractivity contribution is 6.46.